The van der Waals surface area contributed by atoms with E-state index in [1.807, 2.05) is 12.1 Å². The third-order valence-corrected chi connectivity index (χ3v) is 4.14. The van der Waals surface area contributed by atoms with Crippen LogP contribution >= 0.6 is 15.9 Å². The van der Waals surface area contributed by atoms with Gasteiger partial charge >= 0.3 is 0 Å². The van der Waals surface area contributed by atoms with E-state index in [2.05, 4.69) is 47.2 Å². The minimum Gasteiger partial charge on any atom is -0.393 e. The molecule has 1 fully saturated rings. The van der Waals surface area contributed by atoms with Crippen LogP contribution in [0.4, 0.5) is 0 Å². The molecule has 0 radical (unpaired) electrons. The molecule has 0 unspecified atom stereocenters. The highest BCUT2D eigenvalue weighted by atomic mass is 79.9. The summed E-state index contributed by atoms with van der Waals surface area (Å²) in [6.07, 6.45) is 0.595. The van der Waals surface area contributed by atoms with E-state index in [4.69, 9.17) is 0 Å². The van der Waals surface area contributed by atoms with Crippen molar-refractivity contribution in [2.75, 3.05) is 0 Å². The van der Waals surface area contributed by atoms with Crippen LogP contribution in [-0.2, 0) is 0 Å². The third-order valence-electron chi connectivity index (χ3n) is 3.61. The first-order chi connectivity index (χ1) is 7.58. The molecular formula is C13H18BrNO. The summed E-state index contributed by atoms with van der Waals surface area (Å²) in [6.45, 7) is 4.24. The second-order valence-electron chi connectivity index (χ2n) is 4.72. The van der Waals surface area contributed by atoms with E-state index in [-0.39, 0.29) is 12.1 Å². The van der Waals surface area contributed by atoms with Gasteiger partial charge in [-0.15, -0.1) is 0 Å². The summed E-state index contributed by atoms with van der Waals surface area (Å²) in [6, 6.07) is 8.94. The Kier molecular flexibility index (Phi) is 3.67. The van der Waals surface area contributed by atoms with Crippen molar-refractivity contribution < 1.29 is 5.11 Å². The van der Waals surface area contributed by atoms with E-state index in [9.17, 15) is 5.11 Å². The lowest BCUT2D eigenvalue weighted by atomic mass is 9.85. The average Bonchev–Trinajstić information content (AvgIpc) is 2.26. The number of hydrogen-bond acceptors (Lipinski definition) is 2. The molecule has 2 rings (SSSR count). The summed E-state index contributed by atoms with van der Waals surface area (Å²) in [5.41, 5.74) is 1.25. The summed E-state index contributed by atoms with van der Waals surface area (Å²) in [7, 11) is 0. The number of halogens is 1. The highest BCUT2D eigenvalue weighted by molar-refractivity contribution is 9.10. The second-order valence-corrected chi connectivity index (χ2v) is 5.64. The number of nitrogens with one attached hydrogen (secondary N) is 1. The maximum Gasteiger partial charge on any atom is 0.0598 e. The Balaban J connectivity index is 2.13. The molecule has 0 spiro atoms. The number of aliphatic hydroxyl groups excluding tert-OH is 1. The van der Waals surface area contributed by atoms with Crippen molar-refractivity contribution >= 4 is 15.9 Å². The second kappa shape index (κ2) is 4.86. The molecule has 0 bridgehead atoms. The van der Waals surface area contributed by atoms with Crippen LogP contribution < -0.4 is 5.32 Å². The van der Waals surface area contributed by atoms with Gasteiger partial charge in [-0.25, -0.2) is 0 Å². The molecule has 2 N–H and O–H groups in total. The zero-order valence-electron chi connectivity index (χ0n) is 9.65. The molecule has 2 nitrogen and oxygen atoms in total. The van der Waals surface area contributed by atoms with Crippen molar-refractivity contribution in [1.29, 1.82) is 0 Å². The summed E-state index contributed by atoms with van der Waals surface area (Å²) in [4.78, 5) is 0. The maximum atomic E-state index is 9.99. The van der Waals surface area contributed by atoms with Crippen molar-refractivity contribution in [3.63, 3.8) is 0 Å². The standard InChI is InChI=1S/C13H18BrNO/c1-8-9(2)15-12(7-13(8)16)10-3-5-11(14)6-4-10/h3-6,8-9,12-13,15-16H,7H2,1-2H3/t8-,9-,12-,13+/m0/s1. The minimum absolute atomic E-state index is 0.204. The molecule has 1 saturated heterocycles. The molecule has 0 amide bonds. The molecular weight excluding hydrogens is 266 g/mol. The Morgan fingerprint density at radius 1 is 1.25 bits per heavy atom. The monoisotopic (exact) mass is 283 g/mol. The lowest BCUT2D eigenvalue weighted by Crippen LogP contribution is -2.47. The fraction of sp³-hybridized carbons (Fsp3) is 0.538. The van der Waals surface area contributed by atoms with Crippen LogP contribution in [-0.4, -0.2) is 17.3 Å². The van der Waals surface area contributed by atoms with Crippen LogP contribution in [0.25, 0.3) is 0 Å². The molecule has 3 heteroatoms. The van der Waals surface area contributed by atoms with Gasteiger partial charge in [-0.05, 0) is 37.0 Å². The largest absolute Gasteiger partial charge is 0.393 e. The Morgan fingerprint density at radius 2 is 1.88 bits per heavy atom. The van der Waals surface area contributed by atoms with Crippen LogP contribution in [0, 0.1) is 5.92 Å². The molecule has 88 valence electrons. The topological polar surface area (TPSA) is 32.3 Å². The molecule has 0 aliphatic carbocycles. The van der Waals surface area contributed by atoms with Gasteiger partial charge in [0.05, 0.1) is 6.10 Å². The van der Waals surface area contributed by atoms with Crippen LogP contribution in [0.1, 0.15) is 31.9 Å². The van der Waals surface area contributed by atoms with Gasteiger partial charge in [0.2, 0.25) is 0 Å². The van der Waals surface area contributed by atoms with Crippen molar-refractivity contribution in [3.05, 3.63) is 34.3 Å². The smallest absolute Gasteiger partial charge is 0.0598 e. The van der Waals surface area contributed by atoms with Gasteiger partial charge in [0, 0.05) is 16.6 Å². The highest BCUT2D eigenvalue weighted by Gasteiger charge is 2.31. The molecule has 1 aromatic rings. The lowest BCUT2D eigenvalue weighted by Gasteiger charge is -2.37. The van der Waals surface area contributed by atoms with Crippen LogP contribution in [0.2, 0.25) is 0 Å². The first kappa shape index (κ1) is 12.1. The van der Waals surface area contributed by atoms with Gasteiger partial charge in [-0.2, -0.15) is 0 Å². The average molecular weight is 284 g/mol. The first-order valence-corrected chi connectivity index (χ1v) is 6.57. The summed E-state index contributed by atoms with van der Waals surface area (Å²) in [5, 5.41) is 13.5. The number of rotatable bonds is 1. The molecule has 1 aromatic carbocycles. The summed E-state index contributed by atoms with van der Waals surface area (Å²) in [5.74, 6) is 0.326. The lowest BCUT2D eigenvalue weighted by molar-refractivity contribution is 0.0455. The number of piperidine rings is 1. The van der Waals surface area contributed by atoms with Crippen LogP contribution in [0.15, 0.2) is 28.7 Å². The molecule has 1 aliphatic heterocycles. The quantitative estimate of drug-likeness (QED) is 0.831. The predicted molar refractivity (Wildman–Crippen MR) is 69.3 cm³/mol. The molecule has 16 heavy (non-hydrogen) atoms. The molecule has 1 heterocycles. The SMILES string of the molecule is C[C@@H]1[C@H](O)C[C@@H](c2ccc(Br)cc2)N[C@H]1C. The van der Waals surface area contributed by atoms with E-state index in [0.717, 1.165) is 10.9 Å². The summed E-state index contributed by atoms with van der Waals surface area (Å²) >= 11 is 3.43. The van der Waals surface area contributed by atoms with Gasteiger partial charge in [-0.1, -0.05) is 35.0 Å². The molecule has 0 aromatic heterocycles. The van der Waals surface area contributed by atoms with Gasteiger partial charge < -0.3 is 10.4 Å². The Morgan fingerprint density at radius 3 is 2.44 bits per heavy atom. The van der Waals surface area contributed by atoms with Crippen molar-refractivity contribution in [2.45, 2.75) is 38.5 Å². The number of benzene rings is 1. The van der Waals surface area contributed by atoms with E-state index < -0.39 is 0 Å². The van der Waals surface area contributed by atoms with Crippen molar-refractivity contribution in [3.8, 4) is 0 Å². The van der Waals surface area contributed by atoms with Crippen LogP contribution in [0.5, 0.6) is 0 Å². The van der Waals surface area contributed by atoms with Gasteiger partial charge in [0.25, 0.3) is 0 Å². The van der Waals surface area contributed by atoms with Crippen molar-refractivity contribution in [2.24, 2.45) is 5.92 Å². The van der Waals surface area contributed by atoms with Crippen LogP contribution in [0.3, 0.4) is 0 Å². The van der Waals surface area contributed by atoms with Gasteiger partial charge in [-0.3, -0.25) is 0 Å². The molecule has 1 aliphatic rings. The van der Waals surface area contributed by atoms with E-state index in [1.54, 1.807) is 0 Å². The van der Waals surface area contributed by atoms with Crippen molar-refractivity contribution in [1.82, 2.24) is 5.32 Å². The first-order valence-electron chi connectivity index (χ1n) is 5.77. The van der Waals surface area contributed by atoms with Gasteiger partial charge in [0.1, 0.15) is 0 Å². The minimum atomic E-state index is -0.204. The number of aliphatic hydroxyl groups is 1. The predicted octanol–water partition coefficient (Wildman–Crippen LogP) is 2.87. The Labute approximate surface area is 105 Å². The highest BCUT2D eigenvalue weighted by Crippen LogP contribution is 2.29. The fourth-order valence-corrected chi connectivity index (χ4v) is 2.52. The maximum absolute atomic E-state index is 9.99. The number of hydrogen-bond donors (Lipinski definition) is 2. The fourth-order valence-electron chi connectivity index (χ4n) is 2.25. The molecule has 0 saturated carbocycles. The van der Waals surface area contributed by atoms with Gasteiger partial charge in [0.15, 0.2) is 0 Å². The van der Waals surface area contributed by atoms with E-state index in [0.29, 0.717) is 12.0 Å². The summed E-state index contributed by atoms with van der Waals surface area (Å²) < 4.78 is 1.09. The Bertz CT molecular complexity index is 339. The normalized spacial score (nSPS) is 35.0. The Hall–Kier alpha value is -0.380. The van der Waals surface area contributed by atoms with E-state index >= 15 is 0 Å². The zero-order chi connectivity index (χ0) is 11.7. The van der Waals surface area contributed by atoms with E-state index in [1.165, 1.54) is 5.56 Å². The third kappa shape index (κ3) is 2.47. The molecule has 4 atom stereocenters. The zero-order valence-corrected chi connectivity index (χ0v) is 11.2.